The van der Waals surface area contributed by atoms with Crippen molar-refractivity contribution in [3.05, 3.63) is 56.5 Å². The Morgan fingerprint density at radius 2 is 1.35 bits per heavy atom. The summed E-state index contributed by atoms with van der Waals surface area (Å²) in [5.74, 6) is 0. The van der Waals surface area contributed by atoms with E-state index in [-0.39, 0.29) is 0 Å². The lowest BCUT2D eigenvalue weighted by atomic mass is 9.96. The number of anilines is 2. The molecule has 0 saturated carbocycles. The van der Waals surface area contributed by atoms with Crippen LogP contribution in [0.5, 0.6) is 0 Å². The molecule has 0 radical (unpaired) electrons. The van der Waals surface area contributed by atoms with Gasteiger partial charge in [-0.05, 0) is 47.5 Å². The molecule has 0 spiro atoms. The number of hydrogen-bond donors (Lipinski definition) is 0. The van der Waals surface area contributed by atoms with Crippen LogP contribution in [0, 0.1) is 0 Å². The maximum atomic E-state index is 3.54. The molecule has 3 heteroatoms. The van der Waals surface area contributed by atoms with Crippen molar-refractivity contribution < 1.29 is 0 Å². The van der Waals surface area contributed by atoms with Crippen molar-refractivity contribution in [3.8, 4) is 0 Å². The zero-order valence-electron chi connectivity index (χ0n) is 9.37. The van der Waals surface area contributed by atoms with Crippen LogP contribution in [0.2, 0.25) is 0 Å². The largest absolute Gasteiger partial charge is 0.344 e. The highest BCUT2D eigenvalue weighted by molar-refractivity contribution is 9.10. The minimum absolute atomic E-state index is 0.994. The highest BCUT2D eigenvalue weighted by Crippen LogP contribution is 2.39. The number of nitrogens with zero attached hydrogens (tertiary/aromatic N) is 1. The zero-order valence-corrected chi connectivity index (χ0v) is 12.5. The number of fused-ring (bicyclic) bond motifs is 2. The molecule has 1 aliphatic heterocycles. The minimum atomic E-state index is 0.994. The Morgan fingerprint density at radius 1 is 0.882 bits per heavy atom. The van der Waals surface area contributed by atoms with Gasteiger partial charge in [-0.25, -0.2) is 0 Å². The topological polar surface area (TPSA) is 3.24 Å². The first-order valence-corrected chi connectivity index (χ1v) is 7.04. The summed E-state index contributed by atoms with van der Waals surface area (Å²) in [6.45, 7) is 0. The monoisotopic (exact) mass is 351 g/mol. The fourth-order valence-corrected chi connectivity index (χ4v) is 3.20. The smallest absolute Gasteiger partial charge is 0.0444 e. The van der Waals surface area contributed by atoms with Crippen molar-refractivity contribution in [2.45, 2.75) is 6.42 Å². The van der Waals surface area contributed by atoms with Crippen LogP contribution in [0.15, 0.2) is 45.3 Å². The summed E-state index contributed by atoms with van der Waals surface area (Å²) in [4.78, 5) is 2.26. The maximum Gasteiger partial charge on any atom is 0.0444 e. The predicted octanol–water partition coefficient (Wildman–Crippen LogP) is 4.88. The number of hydrogen-bond acceptors (Lipinski definition) is 1. The van der Waals surface area contributed by atoms with Crippen molar-refractivity contribution in [2.75, 3.05) is 11.9 Å². The lowest BCUT2D eigenvalue weighted by molar-refractivity contribution is 1.05. The molecule has 0 atom stereocenters. The SMILES string of the molecule is CN1c2ccc(Br)cc2Cc2cc(Br)ccc21. The van der Waals surface area contributed by atoms with Crippen molar-refractivity contribution in [2.24, 2.45) is 0 Å². The quantitative estimate of drug-likeness (QED) is 0.652. The van der Waals surface area contributed by atoms with Crippen LogP contribution in [0.1, 0.15) is 11.1 Å². The van der Waals surface area contributed by atoms with Gasteiger partial charge in [0.1, 0.15) is 0 Å². The normalized spacial score (nSPS) is 13.2. The molecule has 0 unspecified atom stereocenters. The Labute approximate surface area is 118 Å². The number of benzene rings is 2. The van der Waals surface area contributed by atoms with Gasteiger partial charge in [-0.15, -0.1) is 0 Å². The van der Waals surface area contributed by atoms with Gasteiger partial charge >= 0.3 is 0 Å². The van der Waals surface area contributed by atoms with Crippen molar-refractivity contribution >= 4 is 43.2 Å². The third-order valence-electron chi connectivity index (χ3n) is 3.19. The van der Waals surface area contributed by atoms with Gasteiger partial charge < -0.3 is 4.90 Å². The van der Waals surface area contributed by atoms with E-state index in [4.69, 9.17) is 0 Å². The van der Waals surface area contributed by atoms with Gasteiger partial charge in [0.2, 0.25) is 0 Å². The fourth-order valence-electron chi connectivity index (χ4n) is 2.38. The van der Waals surface area contributed by atoms with E-state index in [1.165, 1.54) is 22.5 Å². The fraction of sp³-hybridized carbons (Fsp3) is 0.143. The average Bonchev–Trinajstić information content (AvgIpc) is 2.28. The molecule has 86 valence electrons. The minimum Gasteiger partial charge on any atom is -0.344 e. The Hall–Kier alpha value is -0.800. The van der Waals surface area contributed by atoms with E-state index in [1.807, 2.05) is 0 Å². The van der Waals surface area contributed by atoms with Crippen LogP contribution in [0.3, 0.4) is 0 Å². The molecule has 0 bridgehead atoms. The molecule has 0 saturated heterocycles. The molecule has 0 N–H and O–H groups in total. The van der Waals surface area contributed by atoms with E-state index in [2.05, 4.69) is 80.2 Å². The molecule has 2 aromatic rings. The Morgan fingerprint density at radius 3 is 1.82 bits per heavy atom. The first-order chi connectivity index (χ1) is 8.15. The lowest BCUT2D eigenvalue weighted by Crippen LogP contribution is -2.18. The third-order valence-corrected chi connectivity index (χ3v) is 4.17. The standard InChI is InChI=1S/C14H11Br2N/c1-17-13-4-2-11(15)7-9(13)6-10-8-12(16)3-5-14(10)17/h2-5,7-8H,6H2,1H3. The van der Waals surface area contributed by atoms with Gasteiger partial charge in [0, 0.05) is 33.8 Å². The molecule has 0 amide bonds. The van der Waals surface area contributed by atoms with Gasteiger partial charge in [0.15, 0.2) is 0 Å². The second-order valence-corrected chi connectivity index (χ2v) is 6.11. The summed E-state index contributed by atoms with van der Waals surface area (Å²) in [5, 5.41) is 0. The number of rotatable bonds is 0. The Kier molecular flexibility index (Phi) is 2.75. The number of halogens is 2. The molecular weight excluding hydrogens is 342 g/mol. The Bertz CT molecular complexity index is 541. The molecular formula is C14H11Br2N. The first kappa shape index (κ1) is 11.3. The second-order valence-electron chi connectivity index (χ2n) is 4.28. The van der Waals surface area contributed by atoms with Crippen LogP contribution in [0.4, 0.5) is 11.4 Å². The molecule has 0 fully saturated rings. The summed E-state index contributed by atoms with van der Waals surface area (Å²) in [6, 6.07) is 12.9. The van der Waals surface area contributed by atoms with Crippen LogP contribution < -0.4 is 4.90 Å². The summed E-state index contributed by atoms with van der Waals surface area (Å²) in [7, 11) is 2.12. The summed E-state index contributed by atoms with van der Waals surface area (Å²) < 4.78 is 2.28. The molecule has 2 aromatic carbocycles. The zero-order chi connectivity index (χ0) is 12.0. The van der Waals surface area contributed by atoms with Crippen molar-refractivity contribution in [1.82, 2.24) is 0 Å². The van der Waals surface area contributed by atoms with Crippen molar-refractivity contribution in [1.29, 1.82) is 0 Å². The summed E-state index contributed by atoms with van der Waals surface area (Å²) in [6.07, 6.45) is 0.994. The summed E-state index contributed by atoms with van der Waals surface area (Å²) >= 11 is 7.07. The van der Waals surface area contributed by atoms with E-state index >= 15 is 0 Å². The van der Waals surface area contributed by atoms with Gasteiger partial charge in [-0.1, -0.05) is 31.9 Å². The lowest BCUT2D eigenvalue weighted by Gasteiger charge is -2.30. The van der Waals surface area contributed by atoms with Gasteiger partial charge in [0.05, 0.1) is 0 Å². The first-order valence-electron chi connectivity index (χ1n) is 5.46. The van der Waals surface area contributed by atoms with Crippen LogP contribution in [0.25, 0.3) is 0 Å². The molecule has 0 aromatic heterocycles. The highest BCUT2D eigenvalue weighted by atomic mass is 79.9. The van der Waals surface area contributed by atoms with E-state index in [9.17, 15) is 0 Å². The van der Waals surface area contributed by atoms with E-state index in [0.717, 1.165) is 15.4 Å². The molecule has 17 heavy (non-hydrogen) atoms. The molecule has 1 nitrogen and oxygen atoms in total. The van der Waals surface area contributed by atoms with Gasteiger partial charge in [-0.2, -0.15) is 0 Å². The molecule has 1 aliphatic rings. The molecule has 0 aliphatic carbocycles. The third kappa shape index (κ3) is 1.91. The average molecular weight is 353 g/mol. The van der Waals surface area contributed by atoms with E-state index in [1.54, 1.807) is 0 Å². The van der Waals surface area contributed by atoms with Crippen molar-refractivity contribution in [3.63, 3.8) is 0 Å². The summed E-state index contributed by atoms with van der Waals surface area (Å²) in [5.41, 5.74) is 5.32. The Balaban J connectivity index is 2.17. The van der Waals surface area contributed by atoms with Crippen LogP contribution in [-0.2, 0) is 6.42 Å². The molecule has 1 heterocycles. The van der Waals surface area contributed by atoms with Crippen LogP contribution in [-0.4, -0.2) is 7.05 Å². The predicted molar refractivity (Wildman–Crippen MR) is 79.2 cm³/mol. The van der Waals surface area contributed by atoms with Gasteiger partial charge in [-0.3, -0.25) is 0 Å². The van der Waals surface area contributed by atoms with E-state index in [0.29, 0.717) is 0 Å². The molecule has 3 rings (SSSR count). The maximum absolute atomic E-state index is 3.54. The van der Waals surface area contributed by atoms with Crippen LogP contribution >= 0.6 is 31.9 Å². The van der Waals surface area contributed by atoms with E-state index < -0.39 is 0 Å². The van der Waals surface area contributed by atoms with Gasteiger partial charge in [0.25, 0.3) is 0 Å². The highest BCUT2D eigenvalue weighted by Gasteiger charge is 2.19. The second kappa shape index (κ2) is 4.14.